The Morgan fingerprint density at radius 2 is 1.89 bits per heavy atom. The zero-order valence-electron chi connectivity index (χ0n) is 11.1. The Balaban J connectivity index is 2.04. The van der Waals surface area contributed by atoms with Gasteiger partial charge in [0.1, 0.15) is 10.3 Å². The lowest BCUT2D eigenvalue weighted by atomic mass is 9.80. The summed E-state index contributed by atoms with van der Waals surface area (Å²) in [6, 6.07) is 3.31. The van der Waals surface area contributed by atoms with Crippen molar-refractivity contribution < 1.29 is 4.79 Å². The number of hydrogen-bond donors (Lipinski definition) is 1. The highest BCUT2D eigenvalue weighted by Gasteiger charge is 2.26. The molecule has 1 saturated carbocycles. The van der Waals surface area contributed by atoms with Crippen LogP contribution in [0.5, 0.6) is 0 Å². The zero-order valence-corrected chi connectivity index (χ0v) is 12.6. The molecule has 0 spiro atoms. The van der Waals surface area contributed by atoms with E-state index in [9.17, 15) is 4.79 Å². The number of carbonyl (C=O) groups excluding carboxylic acids is 1. The van der Waals surface area contributed by atoms with Crippen LogP contribution in [0.1, 0.15) is 43.5 Å². The molecule has 0 bridgehead atoms. The molecule has 5 heteroatoms. The fourth-order valence-electron chi connectivity index (χ4n) is 2.73. The maximum Gasteiger partial charge on any atom is 0.251 e. The molecule has 0 aromatic carbocycles. The van der Waals surface area contributed by atoms with E-state index in [1.54, 1.807) is 12.1 Å². The number of halogens is 2. The van der Waals surface area contributed by atoms with Crippen LogP contribution in [-0.4, -0.2) is 16.9 Å². The third-order valence-corrected chi connectivity index (χ3v) is 4.16. The predicted octanol–water partition coefficient (Wildman–Crippen LogP) is 3.94. The number of rotatable bonds is 2. The first-order valence-electron chi connectivity index (χ1n) is 6.59. The summed E-state index contributed by atoms with van der Waals surface area (Å²) in [5.41, 5.74) is 0.468. The lowest BCUT2D eigenvalue weighted by Crippen LogP contribution is -2.42. The van der Waals surface area contributed by atoms with E-state index in [-0.39, 0.29) is 22.3 Å². The van der Waals surface area contributed by atoms with E-state index in [1.165, 1.54) is 0 Å². The zero-order chi connectivity index (χ0) is 14.0. The maximum atomic E-state index is 12.2. The van der Waals surface area contributed by atoms with Crippen molar-refractivity contribution in [2.75, 3.05) is 0 Å². The molecule has 0 saturated heterocycles. The van der Waals surface area contributed by atoms with Crippen LogP contribution in [0.2, 0.25) is 10.3 Å². The number of nitrogens with zero attached hydrogens (tertiary/aromatic N) is 1. The third kappa shape index (κ3) is 3.83. The van der Waals surface area contributed by atoms with Gasteiger partial charge < -0.3 is 5.32 Å². The van der Waals surface area contributed by atoms with E-state index in [2.05, 4.69) is 24.1 Å². The number of aromatic nitrogens is 1. The Bertz CT molecular complexity index is 458. The number of hydrogen-bond acceptors (Lipinski definition) is 2. The fourth-order valence-corrected chi connectivity index (χ4v) is 3.19. The molecule has 1 aliphatic rings. The topological polar surface area (TPSA) is 42.0 Å². The highest BCUT2D eigenvalue weighted by atomic mass is 35.5. The first-order chi connectivity index (χ1) is 8.95. The highest BCUT2D eigenvalue weighted by Crippen LogP contribution is 2.28. The van der Waals surface area contributed by atoms with Crippen LogP contribution in [-0.2, 0) is 0 Å². The van der Waals surface area contributed by atoms with Gasteiger partial charge in [-0.1, -0.05) is 37.0 Å². The van der Waals surface area contributed by atoms with Crippen molar-refractivity contribution in [2.45, 2.75) is 39.2 Å². The SMILES string of the molecule is CC1CCC(NC(=O)c2cc(Cl)nc(Cl)c2)C(C)C1. The van der Waals surface area contributed by atoms with Crippen molar-refractivity contribution in [3.8, 4) is 0 Å². The van der Waals surface area contributed by atoms with Gasteiger partial charge in [-0.3, -0.25) is 4.79 Å². The molecule has 0 radical (unpaired) electrons. The summed E-state index contributed by atoms with van der Waals surface area (Å²) < 4.78 is 0. The molecular weight excluding hydrogens is 283 g/mol. The van der Waals surface area contributed by atoms with Crippen LogP contribution in [0.3, 0.4) is 0 Å². The van der Waals surface area contributed by atoms with E-state index >= 15 is 0 Å². The second-order valence-corrected chi connectivity index (χ2v) is 6.25. The number of nitrogens with one attached hydrogen (secondary N) is 1. The minimum atomic E-state index is -0.127. The molecule has 3 unspecified atom stereocenters. The number of pyridine rings is 1. The normalized spacial score (nSPS) is 27.1. The fraction of sp³-hybridized carbons (Fsp3) is 0.571. The van der Waals surface area contributed by atoms with Crippen LogP contribution in [0.4, 0.5) is 0 Å². The molecule has 104 valence electrons. The molecule has 1 aromatic rings. The van der Waals surface area contributed by atoms with E-state index in [0.717, 1.165) is 25.2 Å². The number of amides is 1. The first kappa shape index (κ1) is 14.6. The Morgan fingerprint density at radius 3 is 2.47 bits per heavy atom. The molecule has 2 rings (SSSR count). The molecule has 1 amide bonds. The summed E-state index contributed by atoms with van der Waals surface area (Å²) in [6.07, 6.45) is 3.34. The summed E-state index contributed by atoms with van der Waals surface area (Å²) in [6.45, 7) is 4.45. The summed E-state index contributed by atoms with van der Waals surface area (Å²) in [4.78, 5) is 16.0. The molecule has 3 nitrogen and oxygen atoms in total. The molecule has 1 aliphatic carbocycles. The summed E-state index contributed by atoms with van der Waals surface area (Å²) >= 11 is 11.6. The van der Waals surface area contributed by atoms with Gasteiger partial charge in [0.15, 0.2) is 0 Å². The van der Waals surface area contributed by atoms with Crippen molar-refractivity contribution in [2.24, 2.45) is 11.8 Å². The van der Waals surface area contributed by atoms with Gasteiger partial charge >= 0.3 is 0 Å². The van der Waals surface area contributed by atoms with E-state index < -0.39 is 0 Å². The minimum absolute atomic E-state index is 0.127. The first-order valence-corrected chi connectivity index (χ1v) is 7.35. The second-order valence-electron chi connectivity index (χ2n) is 5.48. The largest absolute Gasteiger partial charge is 0.349 e. The molecule has 19 heavy (non-hydrogen) atoms. The van der Waals surface area contributed by atoms with E-state index in [0.29, 0.717) is 11.5 Å². The molecule has 1 fully saturated rings. The van der Waals surface area contributed by atoms with Gasteiger partial charge in [-0.2, -0.15) is 0 Å². The smallest absolute Gasteiger partial charge is 0.251 e. The summed E-state index contributed by atoms with van der Waals surface area (Å²) in [5.74, 6) is 1.12. The van der Waals surface area contributed by atoms with Crippen LogP contribution >= 0.6 is 23.2 Å². The van der Waals surface area contributed by atoms with Crippen molar-refractivity contribution in [3.63, 3.8) is 0 Å². The Labute approximate surface area is 123 Å². The molecule has 0 aliphatic heterocycles. The average Bonchev–Trinajstić information content (AvgIpc) is 2.31. The van der Waals surface area contributed by atoms with Gasteiger partial charge in [0.05, 0.1) is 0 Å². The summed E-state index contributed by atoms with van der Waals surface area (Å²) in [7, 11) is 0. The van der Waals surface area contributed by atoms with Crippen LogP contribution < -0.4 is 5.32 Å². The average molecular weight is 301 g/mol. The minimum Gasteiger partial charge on any atom is -0.349 e. The molecule has 3 atom stereocenters. The molecule has 1 aromatic heterocycles. The second kappa shape index (κ2) is 6.10. The Morgan fingerprint density at radius 1 is 1.26 bits per heavy atom. The van der Waals surface area contributed by atoms with Crippen molar-refractivity contribution in [1.29, 1.82) is 0 Å². The highest BCUT2D eigenvalue weighted by molar-refractivity contribution is 6.33. The Hall–Kier alpha value is -0.800. The van der Waals surface area contributed by atoms with Crippen molar-refractivity contribution in [3.05, 3.63) is 28.0 Å². The standard InChI is InChI=1S/C14H18Cl2N2O/c1-8-3-4-11(9(2)5-8)17-14(19)10-6-12(15)18-13(16)7-10/h6-9,11H,3-5H2,1-2H3,(H,17,19). The van der Waals surface area contributed by atoms with Crippen LogP contribution in [0.15, 0.2) is 12.1 Å². The predicted molar refractivity (Wildman–Crippen MR) is 77.7 cm³/mol. The molecule has 1 heterocycles. The van der Waals surface area contributed by atoms with E-state index in [4.69, 9.17) is 23.2 Å². The van der Waals surface area contributed by atoms with Crippen molar-refractivity contribution >= 4 is 29.1 Å². The van der Waals surface area contributed by atoms with Crippen molar-refractivity contribution in [1.82, 2.24) is 10.3 Å². The molecular formula is C14H18Cl2N2O. The van der Waals surface area contributed by atoms with Gasteiger partial charge in [-0.05, 0) is 43.2 Å². The molecule has 1 N–H and O–H groups in total. The quantitative estimate of drug-likeness (QED) is 0.841. The van der Waals surface area contributed by atoms with Crippen LogP contribution in [0, 0.1) is 11.8 Å². The lowest BCUT2D eigenvalue weighted by molar-refractivity contribution is 0.0899. The lowest BCUT2D eigenvalue weighted by Gasteiger charge is -2.33. The van der Waals surface area contributed by atoms with Gasteiger partial charge in [-0.15, -0.1) is 0 Å². The van der Waals surface area contributed by atoms with Gasteiger partial charge in [0.25, 0.3) is 5.91 Å². The van der Waals surface area contributed by atoms with Gasteiger partial charge in [0.2, 0.25) is 0 Å². The van der Waals surface area contributed by atoms with Gasteiger partial charge in [-0.25, -0.2) is 4.98 Å². The third-order valence-electron chi connectivity index (χ3n) is 3.77. The van der Waals surface area contributed by atoms with Crippen LogP contribution in [0.25, 0.3) is 0 Å². The number of carbonyl (C=O) groups is 1. The summed E-state index contributed by atoms with van der Waals surface area (Å²) in [5, 5.41) is 3.55. The Kier molecular flexibility index (Phi) is 4.69. The van der Waals surface area contributed by atoms with Gasteiger partial charge in [0, 0.05) is 11.6 Å². The monoisotopic (exact) mass is 300 g/mol. The maximum absolute atomic E-state index is 12.2. The van der Waals surface area contributed by atoms with E-state index in [1.807, 2.05) is 0 Å².